The van der Waals surface area contributed by atoms with Crippen LogP contribution in [0, 0.1) is 0 Å². The third kappa shape index (κ3) is 7.45. The maximum absolute atomic E-state index is 5.91. The molecule has 0 saturated carbocycles. The van der Waals surface area contributed by atoms with Gasteiger partial charge in [-0.3, -0.25) is 0 Å². The van der Waals surface area contributed by atoms with Gasteiger partial charge in [0, 0.05) is 18.7 Å². The van der Waals surface area contributed by atoms with Gasteiger partial charge in [-0.15, -0.1) is 0 Å². The minimum absolute atomic E-state index is 0.710. The van der Waals surface area contributed by atoms with Gasteiger partial charge in [0.2, 0.25) is 0 Å². The molecule has 0 aliphatic carbocycles. The van der Waals surface area contributed by atoms with Gasteiger partial charge in [0.25, 0.3) is 0 Å². The van der Waals surface area contributed by atoms with Gasteiger partial charge in [-0.1, -0.05) is 12.8 Å². The van der Waals surface area contributed by atoms with E-state index in [4.69, 9.17) is 9.47 Å². The summed E-state index contributed by atoms with van der Waals surface area (Å²) in [4.78, 5) is 14.1. The van der Waals surface area contributed by atoms with Crippen molar-refractivity contribution < 1.29 is 9.47 Å². The van der Waals surface area contributed by atoms with E-state index in [1.54, 1.807) is 12.4 Å². The molecule has 0 spiro atoms. The van der Waals surface area contributed by atoms with E-state index in [2.05, 4.69) is 19.8 Å². The number of rotatable bonds is 11. The van der Waals surface area contributed by atoms with Gasteiger partial charge < -0.3 is 19.3 Å². The SMILES string of the molecule is c1cc(-c2ncc(OCCCN3CCCCC3)cn2)ccc1OCCCN1CCCCC1. The van der Waals surface area contributed by atoms with Crippen LogP contribution < -0.4 is 9.47 Å². The topological polar surface area (TPSA) is 50.7 Å². The molecule has 4 rings (SSSR count). The van der Waals surface area contributed by atoms with Crippen molar-refractivity contribution in [2.24, 2.45) is 0 Å². The standard InChI is InChI=1S/C26H38N4O2/c1-3-13-29(14-4-1)17-7-19-31-24-11-9-23(10-12-24)26-27-21-25(22-28-26)32-20-8-18-30-15-5-2-6-16-30/h9-12,21-22H,1-8,13-20H2. The lowest BCUT2D eigenvalue weighted by molar-refractivity contribution is 0.204. The minimum atomic E-state index is 0.710. The van der Waals surface area contributed by atoms with Crippen molar-refractivity contribution in [3.05, 3.63) is 36.7 Å². The molecule has 0 unspecified atom stereocenters. The Morgan fingerprint density at radius 2 is 1.12 bits per heavy atom. The average Bonchev–Trinajstić information content (AvgIpc) is 2.87. The van der Waals surface area contributed by atoms with Gasteiger partial charge in [0.1, 0.15) is 5.75 Å². The van der Waals surface area contributed by atoms with E-state index in [9.17, 15) is 0 Å². The second kappa shape index (κ2) is 12.8. The molecule has 1 aromatic carbocycles. The maximum Gasteiger partial charge on any atom is 0.159 e. The van der Waals surface area contributed by atoms with Crippen LogP contribution in [-0.4, -0.2) is 72.3 Å². The molecule has 2 fully saturated rings. The van der Waals surface area contributed by atoms with Gasteiger partial charge in [-0.05, 0) is 89.0 Å². The molecular formula is C26H38N4O2. The van der Waals surface area contributed by atoms with Crippen LogP contribution in [0.4, 0.5) is 0 Å². The Balaban J connectivity index is 1.15. The molecule has 32 heavy (non-hydrogen) atoms. The Morgan fingerprint density at radius 1 is 0.625 bits per heavy atom. The van der Waals surface area contributed by atoms with Crippen molar-refractivity contribution >= 4 is 0 Å². The molecule has 6 heteroatoms. The van der Waals surface area contributed by atoms with Gasteiger partial charge >= 0.3 is 0 Å². The molecule has 6 nitrogen and oxygen atoms in total. The van der Waals surface area contributed by atoms with Crippen molar-refractivity contribution in [1.29, 1.82) is 0 Å². The molecule has 1 aromatic heterocycles. The number of hydrogen-bond donors (Lipinski definition) is 0. The third-order valence-electron chi connectivity index (χ3n) is 6.41. The zero-order chi connectivity index (χ0) is 21.8. The second-order valence-electron chi connectivity index (χ2n) is 8.98. The van der Waals surface area contributed by atoms with Crippen molar-refractivity contribution in [1.82, 2.24) is 19.8 Å². The van der Waals surface area contributed by atoms with Crippen molar-refractivity contribution in [2.75, 3.05) is 52.5 Å². The van der Waals surface area contributed by atoms with Gasteiger partial charge in [0.15, 0.2) is 11.6 Å². The summed E-state index contributed by atoms with van der Waals surface area (Å²) in [6.45, 7) is 8.69. The van der Waals surface area contributed by atoms with Crippen molar-refractivity contribution in [2.45, 2.75) is 51.4 Å². The van der Waals surface area contributed by atoms with E-state index in [0.29, 0.717) is 12.4 Å². The Labute approximate surface area is 193 Å². The van der Waals surface area contributed by atoms with Crippen LogP contribution in [0.25, 0.3) is 11.4 Å². The third-order valence-corrected chi connectivity index (χ3v) is 6.41. The predicted molar refractivity (Wildman–Crippen MR) is 128 cm³/mol. The summed E-state index contributed by atoms with van der Waals surface area (Å²) in [5, 5.41) is 0. The molecule has 2 aliphatic rings. The first-order valence-corrected chi connectivity index (χ1v) is 12.5. The molecule has 2 aliphatic heterocycles. The van der Waals surface area contributed by atoms with Crippen LogP contribution in [0.3, 0.4) is 0 Å². The average molecular weight is 439 g/mol. The molecular weight excluding hydrogens is 400 g/mol. The van der Waals surface area contributed by atoms with E-state index in [1.165, 1.54) is 64.7 Å². The first kappa shape index (κ1) is 23.0. The van der Waals surface area contributed by atoms with Crippen LogP contribution in [0.2, 0.25) is 0 Å². The lowest BCUT2D eigenvalue weighted by Gasteiger charge is -2.26. The summed E-state index contributed by atoms with van der Waals surface area (Å²) in [5.74, 6) is 2.35. The van der Waals surface area contributed by atoms with Crippen LogP contribution in [0.5, 0.6) is 11.5 Å². The highest BCUT2D eigenvalue weighted by Crippen LogP contribution is 2.21. The molecule has 3 heterocycles. The predicted octanol–water partition coefficient (Wildman–Crippen LogP) is 4.65. The summed E-state index contributed by atoms with van der Waals surface area (Å²) in [6.07, 6.45) is 13.8. The first-order valence-electron chi connectivity index (χ1n) is 12.5. The number of ether oxygens (including phenoxy) is 2. The second-order valence-corrected chi connectivity index (χ2v) is 8.98. The highest BCUT2D eigenvalue weighted by molar-refractivity contribution is 5.56. The summed E-state index contributed by atoms with van der Waals surface area (Å²) in [6, 6.07) is 8.05. The molecule has 0 radical (unpaired) electrons. The van der Waals surface area contributed by atoms with Crippen molar-refractivity contribution in [3.63, 3.8) is 0 Å². The van der Waals surface area contributed by atoms with Crippen LogP contribution in [0.15, 0.2) is 36.7 Å². The maximum atomic E-state index is 5.91. The monoisotopic (exact) mass is 438 g/mol. The summed E-state index contributed by atoms with van der Waals surface area (Å²) in [5.41, 5.74) is 0.988. The van der Waals surface area contributed by atoms with E-state index in [0.717, 1.165) is 49.6 Å². The largest absolute Gasteiger partial charge is 0.494 e. The van der Waals surface area contributed by atoms with Gasteiger partial charge in [0.05, 0.1) is 25.6 Å². The summed E-state index contributed by atoms with van der Waals surface area (Å²) >= 11 is 0. The molecule has 0 N–H and O–H groups in total. The smallest absolute Gasteiger partial charge is 0.159 e. The fraction of sp³-hybridized carbons (Fsp3) is 0.615. The van der Waals surface area contributed by atoms with Gasteiger partial charge in [-0.25, -0.2) is 9.97 Å². The number of hydrogen-bond acceptors (Lipinski definition) is 6. The summed E-state index contributed by atoms with van der Waals surface area (Å²) in [7, 11) is 0. The van der Waals surface area contributed by atoms with Crippen LogP contribution in [-0.2, 0) is 0 Å². The zero-order valence-corrected chi connectivity index (χ0v) is 19.4. The number of likely N-dealkylation sites (tertiary alicyclic amines) is 2. The van der Waals surface area contributed by atoms with E-state index in [-0.39, 0.29) is 0 Å². The molecule has 2 saturated heterocycles. The fourth-order valence-corrected chi connectivity index (χ4v) is 4.56. The van der Waals surface area contributed by atoms with Gasteiger partial charge in [-0.2, -0.15) is 0 Å². The Kier molecular flexibility index (Phi) is 9.16. The fourth-order valence-electron chi connectivity index (χ4n) is 4.56. The normalized spacial score (nSPS) is 17.9. The van der Waals surface area contributed by atoms with E-state index in [1.807, 2.05) is 24.3 Å². The van der Waals surface area contributed by atoms with E-state index < -0.39 is 0 Å². The molecule has 174 valence electrons. The molecule has 2 aromatic rings. The quantitative estimate of drug-likeness (QED) is 0.476. The Morgan fingerprint density at radius 3 is 1.66 bits per heavy atom. The Hall–Kier alpha value is -2.18. The number of piperidine rings is 2. The highest BCUT2D eigenvalue weighted by Gasteiger charge is 2.10. The summed E-state index contributed by atoms with van der Waals surface area (Å²) < 4.78 is 11.7. The van der Waals surface area contributed by atoms with Crippen LogP contribution >= 0.6 is 0 Å². The van der Waals surface area contributed by atoms with Crippen molar-refractivity contribution in [3.8, 4) is 22.9 Å². The molecule has 0 amide bonds. The van der Waals surface area contributed by atoms with Crippen LogP contribution in [0.1, 0.15) is 51.4 Å². The number of benzene rings is 1. The molecule has 0 bridgehead atoms. The lowest BCUT2D eigenvalue weighted by atomic mass is 10.1. The zero-order valence-electron chi connectivity index (χ0n) is 19.4. The lowest BCUT2D eigenvalue weighted by Crippen LogP contribution is -2.31. The minimum Gasteiger partial charge on any atom is -0.494 e. The number of aromatic nitrogens is 2. The first-order chi connectivity index (χ1) is 15.9. The Bertz CT molecular complexity index is 702. The van der Waals surface area contributed by atoms with E-state index >= 15 is 0 Å². The number of nitrogens with zero attached hydrogens (tertiary/aromatic N) is 4. The molecule has 0 atom stereocenters. The highest BCUT2D eigenvalue weighted by atomic mass is 16.5.